The molecule has 0 aromatic carbocycles. The maximum atomic E-state index is 10.4. The first-order valence-electron chi connectivity index (χ1n) is 12.4. The molecule has 178 valence electrons. The smallest absolute Gasteiger partial charge is 0.146 e. The van der Waals surface area contributed by atoms with E-state index in [4.69, 9.17) is 19.3 Å². The average molecular weight is 429 g/mol. The number of allylic oxidation sites excluding steroid dienone is 1. The molecule has 1 rings (SSSR count). The summed E-state index contributed by atoms with van der Waals surface area (Å²) in [6.07, 6.45) is 20.7. The van der Waals surface area contributed by atoms with Gasteiger partial charge in [0, 0.05) is 7.11 Å². The summed E-state index contributed by atoms with van der Waals surface area (Å²) in [7, 11) is 1.65. The van der Waals surface area contributed by atoms with E-state index in [9.17, 15) is 5.11 Å². The van der Waals surface area contributed by atoms with E-state index in [0.29, 0.717) is 13.2 Å². The molecule has 2 N–H and O–H groups in total. The molecule has 5 heteroatoms. The van der Waals surface area contributed by atoms with Gasteiger partial charge in [0.25, 0.3) is 0 Å². The highest BCUT2D eigenvalue weighted by atomic mass is 16.7. The Balaban J connectivity index is 2.22. The lowest BCUT2D eigenvalue weighted by Crippen LogP contribution is -2.33. The Morgan fingerprint density at radius 3 is 2.17 bits per heavy atom. The van der Waals surface area contributed by atoms with E-state index < -0.39 is 6.10 Å². The maximum absolute atomic E-state index is 10.4. The number of hydrogen-bond acceptors (Lipinski definition) is 5. The van der Waals surface area contributed by atoms with Gasteiger partial charge in [-0.25, -0.2) is 0 Å². The van der Waals surface area contributed by atoms with Crippen LogP contribution in [-0.2, 0) is 14.2 Å². The highest BCUT2D eigenvalue weighted by Crippen LogP contribution is 2.29. The first kappa shape index (κ1) is 27.6. The van der Waals surface area contributed by atoms with Crippen LogP contribution in [0.3, 0.4) is 0 Å². The van der Waals surface area contributed by atoms with Crippen LogP contribution in [-0.4, -0.2) is 55.1 Å². The third-order valence-corrected chi connectivity index (χ3v) is 6.07. The predicted molar refractivity (Wildman–Crippen MR) is 123 cm³/mol. The van der Waals surface area contributed by atoms with Gasteiger partial charge in [0.2, 0.25) is 0 Å². The van der Waals surface area contributed by atoms with Crippen LogP contribution >= 0.6 is 0 Å². The predicted octanol–water partition coefficient (Wildman–Crippen LogP) is 5.52. The lowest BCUT2D eigenvalue weighted by Gasteiger charge is -2.25. The fourth-order valence-electron chi connectivity index (χ4n) is 4.26. The van der Waals surface area contributed by atoms with Crippen molar-refractivity contribution in [2.45, 2.75) is 128 Å². The van der Waals surface area contributed by atoms with Crippen LogP contribution in [0.5, 0.6) is 0 Å². The molecule has 1 heterocycles. The van der Waals surface area contributed by atoms with E-state index in [1.54, 1.807) is 13.2 Å². The molecule has 0 spiro atoms. The van der Waals surface area contributed by atoms with E-state index >= 15 is 0 Å². The molecular weight excluding hydrogens is 380 g/mol. The summed E-state index contributed by atoms with van der Waals surface area (Å²) in [4.78, 5) is 0. The monoisotopic (exact) mass is 428 g/mol. The molecule has 0 bridgehead atoms. The Morgan fingerprint density at radius 2 is 1.53 bits per heavy atom. The van der Waals surface area contributed by atoms with E-state index in [1.807, 2.05) is 6.08 Å². The molecule has 1 aliphatic rings. The zero-order valence-corrected chi connectivity index (χ0v) is 19.6. The van der Waals surface area contributed by atoms with Gasteiger partial charge in [-0.1, -0.05) is 83.3 Å². The lowest BCUT2D eigenvalue weighted by atomic mass is 10.0. The zero-order chi connectivity index (χ0) is 21.9. The van der Waals surface area contributed by atoms with Crippen molar-refractivity contribution in [1.82, 2.24) is 0 Å². The van der Waals surface area contributed by atoms with Gasteiger partial charge in [-0.2, -0.15) is 0 Å². The van der Waals surface area contributed by atoms with E-state index in [0.717, 1.165) is 32.1 Å². The van der Waals surface area contributed by atoms with Gasteiger partial charge < -0.3 is 24.4 Å². The van der Waals surface area contributed by atoms with Gasteiger partial charge in [0.15, 0.2) is 0 Å². The average Bonchev–Trinajstić information content (AvgIpc) is 3.24. The second-order valence-electron chi connectivity index (χ2n) is 8.67. The standard InChI is InChI=1S/C25H48O5/c1-3-4-5-6-7-8-9-10-11-14-17-24(29-21-28-2)25-19-18-23(30-25)22(27)16-13-12-15-20-26/h12,15,22-27H,3-11,13-14,16-21H2,1-2H3/b15-12+/t22-,23-,24+,25-/m1/s1. The number of hydrogen-bond donors (Lipinski definition) is 2. The summed E-state index contributed by atoms with van der Waals surface area (Å²) < 4.78 is 17.2. The second kappa shape index (κ2) is 19.2. The van der Waals surface area contributed by atoms with Crippen molar-refractivity contribution >= 4 is 0 Å². The molecule has 1 aliphatic heterocycles. The number of aliphatic hydroxyl groups excluding tert-OH is 2. The van der Waals surface area contributed by atoms with Gasteiger partial charge >= 0.3 is 0 Å². The minimum atomic E-state index is -0.459. The molecule has 30 heavy (non-hydrogen) atoms. The third-order valence-electron chi connectivity index (χ3n) is 6.07. The number of unbranched alkanes of at least 4 members (excludes halogenated alkanes) is 9. The van der Waals surface area contributed by atoms with E-state index in [-0.39, 0.29) is 24.9 Å². The van der Waals surface area contributed by atoms with Gasteiger partial charge in [0.1, 0.15) is 6.79 Å². The number of ether oxygens (including phenoxy) is 3. The zero-order valence-electron chi connectivity index (χ0n) is 19.6. The van der Waals surface area contributed by atoms with Gasteiger partial charge in [0.05, 0.1) is 31.0 Å². The van der Waals surface area contributed by atoms with Gasteiger partial charge in [-0.15, -0.1) is 0 Å². The summed E-state index contributed by atoms with van der Waals surface area (Å²) in [5, 5.41) is 19.2. The minimum absolute atomic E-state index is 0.0467. The lowest BCUT2D eigenvalue weighted by molar-refractivity contribution is -0.138. The molecule has 1 saturated heterocycles. The van der Waals surface area contributed by atoms with Crippen molar-refractivity contribution in [2.24, 2.45) is 0 Å². The van der Waals surface area contributed by atoms with Crippen LogP contribution in [0.25, 0.3) is 0 Å². The normalized spacial score (nSPS) is 21.5. The maximum Gasteiger partial charge on any atom is 0.146 e. The molecule has 0 aromatic rings. The van der Waals surface area contributed by atoms with Crippen molar-refractivity contribution in [2.75, 3.05) is 20.5 Å². The third kappa shape index (κ3) is 13.1. The quantitative estimate of drug-likeness (QED) is 0.152. The Morgan fingerprint density at radius 1 is 0.900 bits per heavy atom. The second-order valence-corrected chi connectivity index (χ2v) is 8.67. The van der Waals surface area contributed by atoms with Gasteiger partial charge in [-0.05, 0) is 32.1 Å². The minimum Gasteiger partial charge on any atom is -0.392 e. The Bertz CT molecular complexity index is 401. The largest absolute Gasteiger partial charge is 0.392 e. The SMILES string of the molecule is CCCCCCCCCCCC[C@H](OCOC)[C@H]1CC[C@H]([C@H](O)CC/C=C/CO)O1. The first-order valence-corrected chi connectivity index (χ1v) is 12.4. The van der Waals surface area contributed by atoms with Crippen LogP contribution in [0, 0.1) is 0 Å². The highest BCUT2D eigenvalue weighted by Gasteiger charge is 2.35. The van der Waals surface area contributed by atoms with Crippen LogP contribution in [0.1, 0.15) is 103 Å². The first-order chi connectivity index (χ1) is 14.7. The van der Waals surface area contributed by atoms with Crippen LogP contribution in [0.2, 0.25) is 0 Å². The molecule has 0 aromatic heterocycles. The summed E-state index contributed by atoms with van der Waals surface area (Å²) in [5.74, 6) is 0. The number of methoxy groups -OCH3 is 1. The summed E-state index contributed by atoms with van der Waals surface area (Å²) in [6, 6.07) is 0. The van der Waals surface area contributed by atoms with Crippen molar-refractivity contribution in [3.8, 4) is 0 Å². The number of rotatable bonds is 20. The van der Waals surface area contributed by atoms with E-state index in [2.05, 4.69) is 6.92 Å². The van der Waals surface area contributed by atoms with Crippen molar-refractivity contribution < 1.29 is 24.4 Å². The Kier molecular flexibility index (Phi) is 17.7. The molecule has 1 fully saturated rings. The Labute approximate surface area is 185 Å². The molecule has 5 nitrogen and oxygen atoms in total. The fourth-order valence-corrected chi connectivity index (χ4v) is 4.26. The molecular formula is C25H48O5. The van der Waals surface area contributed by atoms with Crippen molar-refractivity contribution in [1.29, 1.82) is 0 Å². The van der Waals surface area contributed by atoms with Crippen molar-refractivity contribution in [3.05, 3.63) is 12.2 Å². The summed E-state index contributed by atoms with van der Waals surface area (Å²) in [5.41, 5.74) is 0. The molecule has 4 atom stereocenters. The number of aliphatic hydroxyl groups is 2. The molecule has 0 saturated carbocycles. The van der Waals surface area contributed by atoms with E-state index in [1.165, 1.54) is 57.8 Å². The molecule has 0 aliphatic carbocycles. The van der Waals surface area contributed by atoms with Crippen molar-refractivity contribution in [3.63, 3.8) is 0 Å². The highest BCUT2D eigenvalue weighted by molar-refractivity contribution is 4.87. The van der Waals surface area contributed by atoms with Gasteiger partial charge in [-0.3, -0.25) is 0 Å². The molecule has 0 radical (unpaired) electrons. The fraction of sp³-hybridized carbons (Fsp3) is 0.920. The van der Waals surface area contributed by atoms with Crippen LogP contribution < -0.4 is 0 Å². The topological polar surface area (TPSA) is 68.2 Å². The Hall–Kier alpha value is -0.460. The van der Waals surface area contributed by atoms with Crippen LogP contribution in [0.15, 0.2) is 12.2 Å². The molecule has 0 amide bonds. The van der Waals surface area contributed by atoms with Crippen LogP contribution in [0.4, 0.5) is 0 Å². The summed E-state index contributed by atoms with van der Waals surface area (Å²) >= 11 is 0. The molecule has 0 unspecified atom stereocenters. The summed E-state index contributed by atoms with van der Waals surface area (Å²) in [6.45, 7) is 2.61.